The van der Waals surface area contributed by atoms with Gasteiger partial charge >= 0.3 is 0 Å². The van der Waals surface area contributed by atoms with Crippen LogP contribution < -0.4 is 0 Å². The summed E-state index contributed by atoms with van der Waals surface area (Å²) in [6.07, 6.45) is 1.76. The van der Waals surface area contributed by atoms with E-state index >= 15 is 0 Å². The second kappa shape index (κ2) is 3.68. The molecule has 0 fully saturated rings. The number of halogens is 1. The van der Waals surface area contributed by atoms with Crippen LogP contribution in [0.2, 0.25) is 5.15 Å². The minimum atomic E-state index is -0.741. The largest absolute Gasteiger partial charge is 0.388 e. The molecule has 0 saturated carbocycles. The molecule has 1 heterocycles. The Morgan fingerprint density at radius 3 is 2.69 bits per heavy atom. The molecule has 0 aliphatic carbocycles. The smallest absolute Gasteiger partial charge is 0.151 e. The molecule has 0 spiro atoms. The second-order valence-electron chi connectivity index (χ2n) is 3.85. The van der Waals surface area contributed by atoms with Crippen molar-refractivity contribution in [1.82, 2.24) is 9.78 Å². The standard InChI is InChI=1S/C9H15ClN2O/c1-7(2)9(3,13)6-12-5-4-8(10)11-12/h4-5,7,13H,6H2,1-3H3. The summed E-state index contributed by atoms with van der Waals surface area (Å²) in [5.74, 6) is 0.190. The van der Waals surface area contributed by atoms with E-state index in [0.717, 1.165) is 0 Å². The van der Waals surface area contributed by atoms with Gasteiger partial charge in [-0.25, -0.2) is 0 Å². The maximum atomic E-state index is 9.95. The number of aromatic nitrogens is 2. The van der Waals surface area contributed by atoms with Crippen molar-refractivity contribution in [3.8, 4) is 0 Å². The summed E-state index contributed by atoms with van der Waals surface area (Å²) in [5, 5.41) is 14.4. The van der Waals surface area contributed by atoms with Gasteiger partial charge in [0.15, 0.2) is 5.15 Å². The summed E-state index contributed by atoms with van der Waals surface area (Å²) in [7, 11) is 0. The molecule has 1 aromatic heterocycles. The Balaban J connectivity index is 2.68. The average Bonchev–Trinajstić information content (AvgIpc) is 2.34. The monoisotopic (exact) mass is 202 g/mol. The molecule has 13 heavy (non-hydrogen) atoms. The molecule has 0 aliphatic rings. The van der Waals surface area contributed by atoms with E-state index in [9.17, 15) is 5.11 Å². The van der Waals surface area contributed by atoms with Crippen LogP contribution in [0, 0.1) is 5.92 Å². The van der Waals surface area contributed by atoms with Gasteiger partial charge in [0.25, 0.3) is 0 Å². The molecule has 3 nitrogen and oxygen atoms in total. The first-order valence-electron chi connectivity index (χ1n) is 4.33. The van der Waals surface area contributed by atoms with Gasteiger partial charge in [0.05, 0.1) is 12.1 Å². The Hall–Kier alpha value is -0.540. The Morgan fingerprint density at radius 2 is 2.31 bits per heavy atom. The maximum Gasteiger partial charge on any atom is 0.151 e. The SMILES string of the molecule is CC(C)C(C)(O)Cn1ccc(Cl)n1. The van der Waals surface area contributed by atoms with E-state index in [4.69, 9.17) is 11.6 Å². The van der Waals surface area contributed by atoms with Crippen LogP contribution in [-0.4, -0.2) is 20.5 Å². The van der Waals surface area contributed by atoms with Crippen molar-refractivity contribution < 1.29 is 5.11 Å². The summed E-state index contributed by atoms with van der Waals surface area (Å²) in [4.78, 5) is 0. The zero-order chi connectivity index (χ0) is 10.1. The minimum Gasteiger partial charge on any atom is -0.388 e. The fourth-order valence-corrected chi connectivity index (χ4v) is 1.09. The third kappa shape index (κ3) is 2.71. The van der Waals surface area contributed by atoms with Gasteiger partial charge in [0.1, 0.15) is 0 Å². The fourth-order valence-electron chi connectivity index (χ4n) is 0.936. The number of hydrogen-bond acceptors (Lipinski definition) is 2. The van der Waals surface area contributed by atoms with E-state index < -0.39 is 5.60 Å². The molecule has 1 N–H and O–H groups in total. The fraction of sp³-hybridized carbons (Fsp3) is 0.667. The van der Waals surface area contributed by atoms with Gasteiger partial charge in [0.2, 0.25) is 0 Å². The highest BCUT2D eigenvalue weighted by Gasteiger charge is 2.25. The summed E-state index contributed by atoms with van der Waals surface area (Å²) >= 11 is 5.66. The molecular formula is C9H15ClN2O. The van der Waals surface area contributed by atoms with Crippen molar-refractivity contribution in [1.29, 1.82) is 0 Å². The lowest BCUT2D eigenvalue weighted by Crippen LogP contribution is -2.36. The highest BCUT2D eigenvalue weighted by Crippen LogP contribution is 2.18. The molecule has 74 valence electrons. The van der Waals surface area contributed by atoms with Crippen molar-refractivity contribution in [3.63, 3.8) is 0 Å². The van der Waals surface area contributed by atoms with Gasteiger partial charge in [-0.05, 0) is 18.9 Å². The van der Waals surface area contributed by atoms with Gasteiger partial charge < -0.3 is 5.11 Å². The van der Waals surface area contributed by atoms with Crippen LogP contribution in [0.4, 0.5) is 0 Å². The van der Waals surface area contributed by atoms with Crippen LogP contribution in [0.25, 0.3) is 0 Å². The van der Waals surface area contributed by atoms with E-state index in [-0.39, 0.29) is 5.92 Å². The van der Waals surface area contributed by atoms with Gasteiger partial charge in [0, 0.05) is 6.20 Å². The third-order valence-corrected chi connectivity index (χ3v) is 2.54. The van der Waals surface area contributed by atoms with Gasteiger partial charge in [-0.2, -0.15) is 5.10 Å². The first-order valence-corrected chi connectivity index (χ1v) is 4.71. The molecule has 0 aliphatic heterocycles. The Morgan fingerprint density at radius 1 is 1.69 bits per heavy atom. The summed E-state index contributed by atoms with van der Waals surface area (Å²) < 4.78 is 1.66. The topological polar surface area (TPSA) is 38.0 Å². The molecule has 0 bridgehead atoms. The van der Waals surface area contributed by atoms with E-state index in [1.54, 1.807) is 23.9 Å². The van der Waals surface area contributed by atoms with Crippen LogP contribution in [-0.2, 0) is 6.54 Å². The summed E-state index contributed by atoms with van der Waals surface area (Å²) in [6.45, 7) is 6.22. The van der Waals surface area contributed by atoms with Gasteiger partial charge in [-0.15, -0.1) is 0 Å². The zero-order valence-corrected chi connectivity index (χ0v) is 8.91. The van der Waals surface area contributed by atoms with Crippen LogP contribution in [0.5, 0.6) is 0 Å². The quantitative estimate of drug-likeness (QED) is 0.814. The van der Waals surface area contributed by atoms with Crippen molar-refractivity contribution in [2.75, 3.05) is 0 Å². The molecule has 4 heteroatoms. The van der Waals surface area contributed by atoms with E-state index in [1.165, 1.54) is 0 Å². The lowest BCUT2D eigenvalue weighted by molar-refractivity contribution is -0.00566. The first kappa shape index (κ1) is 10.5. The third-order valence-electron chi connectivity index (χ3n) is 2.33. The maximum absolute atomic E-state index is 9.95. The van der Waals surface area contributed by atoms with Crippen LogP contribution >= 0.6 is 11.6 Å². The first-order chi connectivity index (χ1) is 5.92. The van der Waals surface area contributed by atoms with Crippen molar-refractivity contribution in [3.05, 3.63) is 17.4 Å². The molecule has 0 radical (unpaired) electrons. The molecule has 1 rings (SSSR count). The van der Waals surface area contributed by atoms with Crippen molar-refractivity contribution >= 4 is 11.6 Å². The number of hydrogen-bond donors (Lipinski definition) is 1. The molecule has 0 saturated heterocycles. The average molecular weight is 203 g/mol. The summed E-state index contributed by atoms with van der Waals surface area (Å²) in [5.41, 5.74) is -0.741. The van der Waals surface area contributed by atoms with Crippen molar-refractivity contribution in [2.24, 2.45) is 5.92 Å². The zero-order valence-electron chi connectivity index (χ0n) is 8.16. The van der Waals surface area contributed by atoms with Crippen molar-refractivity contribution in [2.45, 2.75) is 32.9 Å². The Kier molecular flexibility index (Phi) is 2.98. The number of rotatable bonds is 3. The number of aliphatic hydroxyl groups is 1. The Labute approximate surface area is 83.3 Å². The van der Waals surface area contributed by atoms with Crippen LogP contribution in [0.3, 0.4) is 0 Å². The molecule has 1 unspecified atom stereocenters. The van der Waals surface area contributed by atoms with Gasteiger partial charge in [-0.3, -0.25) is 4.68 Å². The molecular weight excluding hydrogens is 188 g/mol. The number of nitrogens with zero attached hydrogens (tertiary/aromatic N) is 2. The molecule has 1 atom stereocenters. The second-order valence-corrected chi connectivity index (χ2v) is 4.24. The highest BCUT2D eigenvalue weighted by atomic mass is 35.5. The van der Waals surface area contributed by atoms with E-state index in [1.807, 2.05) is 13.8 Å². The van der Waals surface area contributed by atoms with Crippen LogP contribution in [0.1, 0.15) is 20.8 Å². The van der Waals surface area contributed by atoms with Gasteiger partial charge in [-0.1, -0.05) is 25.4 Å². The van der Waals surface area contributed by atoms with E-state index in [2.05, 4.69) is 5.10 Å². The molecule has 0 aromatic carbocycles. The predicted octanol–water partition coefficient (Wildman–Crippen LogP) is 1.94. The Bertz CT molecular complexity index is 281. The highest BCUT2D eigenvalue weighted by molar-refractivity contribution is 6.29. The molecule has 1 aromatic rings. The normalized spacial score (nSPS) is 16.2. The summed E-state index contributed by atoms with van der Waals surface area (Å²) in [6, 6.07) is 1.71. The van der Waals surface area contributed by atoms with Crippen LogP contribution in [0.15, 0.2) is 12.3 Å². The predicted molar refractivity (Wildman–Crippen MR) is 52.7 cm³/mol. The lowest BCUT2D eigenvalue weighted by atomic mass is 9.93. The lowest BCUT2D eigenvalue weighted by Gasteiger charge is -2.27. The van der Waals surface area contributed by atoms with E-state index in [0.29, 0.717) is 11.7 Å². The minimum absolute atomic E-state index is 0.190. The molecule has 0 amide bonds.